The SMILES string of the molecule is CNc1cc(C#N)cc2c1CCN2Sc1cccc2c(=O)[nH]cc(Cl)c12. The molecule has 1 aliphatic heterocycles. The van der Waals surface area contributed by atoms with E-state index in [0.717, 1.165) is 34.6 Å². The van der Waals surface area contributed by atoms with E-state index in [1.807, 2.05) is 31.3 Å². The van der Waals surface area contributed by atoms with Crippen molar-refractivity contribution in [1.29, 1.82) is 5.26 Å². The predicted octanol–water partition coefficient (Wildman–Crippen LogP) is 4.16. The van der Waals surface area contributed by atoms with Crippen LogP contribution in [0.15, 0.2) is 46.2 Å². The largest absolute Gasteiger partial charge is 0.388 e. The summed E-state index contributed by atoms with van der Waals surface area (Å²) in [4.78, 5) is 15.7. The summed E-state index contributed by atoms with van der Waals surface area (Å²) in [5.41, 5.74) is 3.67. The molecule has 2 aromatic carbocycles. The maximum atomic E-state index is 12.1. The number of hydrogen-bond acceptors (Lipinski definition) is 5. The average molecular weight is 383 g/mol. The molecule has 2 heterocycles. The van der Waals surface area contributed by atoms with Gasteiger partial charge in [0.25, 0.3) is 5.56 Å². The molecule has 0 atom stereocenters. The van der Waals surface area contributed by atoms with Crippen LogP contribution in [0.2, 0.25) is 5.02 Å². The van der Waals surface area contributed by atoms with E-state index in [1.54, 1.807) is 18.0 Å². The van der Waals surface area contributed by atoms with E-state index < -0.39 is 0 Å². The van der Waals surface area contributed by atoms with Crippen LogP contribution in [-0.2, 0) is 6.42 Å². The number of aromatic amines is 1. The summed E-state index contributed by atoms with van der Waals surface area (Å²) in [6.07, 6.45) is 2.42. The summed E-state index contributed by atoms with van der Waals surface area (Å²) in [6.45, 7) is 0.820. The standard InChI is InChI=1S/C19H15ClN4OS/c1-22-15-7-11(9-21)8-16-12(15)5-6-24(16)26-17-4-2-3-13-18(17)14(20)10-23-19(13)25/h2-4,7-8,10,22H,5-6H2,1H3,(H,23,25). The zero-order valence-electron chi connectivity index (χ0n) is 14.0. The van der Waals surface area contributed by atoms with Gasteiger partial charge in [0.15, 0.2) is 0 Å². The summed E-state index contributed by atoms with van der Waals surface area (Å²) in [6, 6.07) is 11.6. The van der Waals surface area contributed by atoms with Crippen LogP contribution in [0.25, 0.3) is 10.8 Å². The first kappa shape index (κ1) is 16.8. The van der Waals surface area contributed by atoms with Crippen LogP contribution in [0.1, 0.15) is 11.1 Å². The number of rotatable bonds is 3. The van der Waals surface area contributed by atoms with Gasteiger partial charge >= 0.3 is 0 Å². The van der Waals surface area contributed by atoms with Crippen molar-refractivity contribution in [3.05, 3.63) is 63.0 Å². The molecule has 4 rings (SSSR count). The van der Waals surface area contributed by atoms with Crippen molar-refractivity contribution < 1.29 is 0 Å². The van der Waals surface area contributed by atoms with Crippen LogP contribution in [0.5, 0.6) is 0 Å². The minimum atomic E-state index is -0.155. The molecule has 0 saturated carbocycles. The molecule has 1 aliphatic rings. The lowest BCUT2D eigenvalue weighted by atomic mass is 10.1. The van der Waals surface area contributed by atoms with Crippen molar-refractivity contribution in [1.82, 2.24) is 4.98 Å². The van der Waals surface area contributed by atoms with Crippen LogP contribution in [0.4, 0.5) is 11.4 Å². The first-order chi connectivity index (χ1) is 12.6. The summed E-state index contributed by atoms with van der Waals surface area (Å²) in [5.74, 6) is 0. The highest BCUT2D eigenvalue weighted by atomic mass is 35.5. The monoisotopic (exact) mass is 382 g/mol. The highest BCUT2D eigenvalue weighted by Crippen LogP contribution is 2.42. The second-order valence-electron chi connectivity index (χ2n) is 5.97. The molecule has 5 nitrogen and oxygen atoms in total. The number of pyridine rings is 1. The molecule has 3 aromatic rings. The second kappa shape index (κ2) is 6.60. The zero-order valence-corrected chi connectivity index (χ0v) is 15.5. The van der Waals surface area contributed by atoms with Crippen molar-refractivity contribution in [2.24, 2.45) is 0 Å². The van der Waals surface area contributed by atoms with E-state index in [1.165, 1.54) is 11.8 Å². The van der Waals surface area contributed by atoms with Crippen LogP contribution < -0.4 is 15.2 Å². The van der Waals surface area contributed by atoms with Crippen molar-refractivity contribution in [3.63, 3.8) is 0 Å². The molecule has 0 bridgehead atoms. The van der Waals surface area contributed by atoms with Gasteiger partial charge in [-0.05, 0) is 42.6 Å². The molecule has 0 saturated heterocycles. The molecule has 26 heavy (non-hydrogen) atoms. The van der Waals surface area contributed by atoms with Gasteiger partial charge in [0.1, 0.15) is 0 Å². The number of nitriles is 1. The summed E-state index contributed by atoms with van der Waals surface area (Å²) in [5, 5.41) is 14.3. The number of anilines is 2. The number of benzene rings is 2. The molecule has 0 aliphatic carbocycles. The Labute approximate surface area is 159 Å². The van der Waals surface area contributed by atoms with Gasteiger partial charge in [-0.25, -0.2) is 0 Å². The third kappa shape index (κ3) is 2.70. The van der Waals surface area contributed by atoms with Crippen molar-refractivity contribution in [2.45, 2.75) is 11.3 Å². The van der Waals surface area contributed by atoms with Crippen LogP contribution in [-0.4, -0.2) is 18.6 Å². The van der Waals surface area contributed by atoms with E-state index in [0.29, 0.717) is 16.0 Å². The van der Waals surface area contributed by atoms with Gasteiger partial charge < -0.3 is 14.6 Å². The maximum Gasteiger partial charge on any atom is 0.255 e. The number of nitrogens with one attached hydrogen (secondary N) is 2. The van der Waals surface area contributed by atoms with Gasteiger partial charge in [-0.3, -0.25) is 4.79 Å². The van der Waals surface area contributed by atoms with E-state index in [9.17, 15) is 10.1 Å². The second-order valence-corrected chi connectivity index (χ2v) is 7.44. The zero-order chi connectivity index (χ0) is 18.3. The van der Waals surface area contributed by atoms with Gasteiger partial charge in [-0.2, -0.15) is 5.26 Å². The molecular weight excluding hydrogens is 368 g/mol. The third-order valence-corrected chi connectivity index (χ3v) is 5.94. The van der Waals surface area contributed by atoms with Gasteiger partial charge in [-0.15, -0.1) is 0 Å². The van der Waals surface area contributed by atoms with E-state index >= 15 is 0 Å². The Bertz CT molecular complexity index is 1120. The molecule has 0 spiro atoms. The molecule has 130 valence electrons. The Kier molecular flexibility index (Phi) is 4.27. The van der Waals surface area contributed by atoms with Crippen molar-refractivity contribution >= 4 is 45.7 Å². The molecule has 2 N–H and O–H groups in total. The van der Waals surface area contributed by atoms with Crippen LogP contribution >= 0.6 is 23.5 Å². The van der Waals surface area contributed by atoms with E-state index in [4.69, 9.17) is 11.6 Å². The molecule has 0 fully saturated rings. The topological polar surface area (TPSA) is 71.9 Å². The molecule has 0 radical (unpaired) electrons. The number of halogens is 1. The Balaban J connectivity index is 1.81. The lowest BCUT2D eigenvalue weighted by Gasteiger charge is -2.20. The number of nitrogens with zero attached hydrogens (tertiary/aromatic N) is 2. The highest BCUT2D eigenvalue weighted by molar-refractivity contribution is 8.01. The lowest BCUT2D eigenvalue weighted by molar-refractivity contribution is 1.05. The fourth-order valence-corrected chi connectivity index (χ4v) is 4.74. The van der Waals surface area contributed by atoms with Crippen LogP contribution in [0, 0.1) is 11.3 Å². The Morgan fingerprint density at radius 1 is 1.38 bits per heavy atom. The van der Waals surface area contributed by atoms with Gasteiger partial charge in [0.2, 0.25) is 0 Å². The minimum Gasteiger partial charge on any atom is -0.388 e. The quantitative estimate of drug-likeness (QED) is 0.665. The van der Waals surface area contributed by atoms with E-state index in [-0.39, 0.29) is 5.56 Å². The number of hydrogen-bond donors (Lipinski definition) is 2. The van der Waals surface area contributed by atoms with Gasteiger partial charge in [0.05, 0.1) is 22.3 Å². The molecule has 7 heteroatoms. The summed E-state index contributed by atoms with van der Waals surface area (Å²) < 4.78 is 2.16. The molecule has 1 aromatic heterocycles. The summed E-state index contributed by atoms with van der Waals surface area (Å²) in [7, 11) is 1.86. The van der Waals surface area contributed by atoms with Gasteiger partial charge in [-0.1, -0.05) is 17.7 Å². The maximum absolute atomic E-state index is 12.1. The Hall–Kier alpha value is -2.62. The third-order valence-electron chi connectivity index (χ3n) is 4.51. The fraction of sp³-hybridized carbons (Fsp3) is 0.158. The first-order valence-corrected chi connectivity index (χ1v) is 9.27. The van der Waals surface area contributed by atoms with Crippen molar-refractivity contribution in [3.8, 4) is 6.07 Å². The number of aromatic nitrogens is 1. The number of H-pyrrole nitrogens is 1. The first-order valence-electron chi connectivity index (χ1n) is 8.12. The molecule has 0 amide bonds. The van der Waals surface area contributed by atoms with Crippen LogP contribution in [0.3, 0.4) is 0 Å². The van der Waals surface area contributed by atoms with E-state index in [2.05, 4.69) is 20.7 Å². The molecular formula is C19H15ClN4OS. The Morgan fingerprint density at radius 2 is 2.23 bits per heavy atom. The molecule has 0 unspecified atom stereocenters. The Morgan fingerprint density at radius 3 is 3.00 bits per heavy atom. The number of fused-ring (bicyclic) bond motifs is 2. The lowest BCUT2D eigenvalue weighted by Crippen LogP contribution is -2.11. The predicted molar refractivity (Wildman–Crippen MR) is 107 cm³/mol. The highest BCUT2D eigenvalue weighted by Gasteiger charge is 2.24. The van der Waals surface area contributed by atoms with Gasteiger partial charge in [0, 0.05) is 46.7 Å². The smallest absolute Gasteiger partial charge is 0.255 e. The minimum absolute atomic E-state index is 0.155. The summed E-state index contributed by atoms with van der Waals surface area (Å²) >= 11 is 7.90. The van der Waals surface area contributed by atoms with Crippen molar-refractivity contribution in [2.75, 3.05) is 23.2 Å². The average Bonchev–Trinajstić information content (AvgIpc) is 3.07. The fourth-order valence-electron chi connectivity index (χ4n) is 3.30. The normalized spacial score (nSPS) is 12.9.